The first-order valence-corrected chi connectivity index (χ1v) is 8.83. The minimum atomic E-state index is 0.804. The summed E-state index contributed by atoms with van der Waals surface area (Å²) >= 11 is 5.05. The van der Waals surface area contributed by atoms with E-state index < -0.39 is 0 Å². The van der Waals surface area contributed by atoms with E-state index in [4.69, 9.17) is 0 Å². The highest BCUT2D eigenvalue weighted by Gasteiger charge is 2.09. The van der Waals surface area contributed by atoms with Crippen molar-refractivity contribution in [2.24, 2.45) is 5.10 Å². The second-order valence-electron chi connectivity index (χ2n) is 5.11. The topological polar surface area (TPSA) is 37.3 Å². The predicted octanol–water partition coefficient (Wildman–Crippen LogP) is 5.72. The second kappa shape index (κ2) is 7.06. The molecule has 5 heteroatoms. The number of nitrogens with one attached hydrogen (secondary N) is 1. The Morgan fingerprint density at radius 2 is 1.78 bits per heavy atom. The van der Waals surface area contributed by atoms with Crippen molar-refractivity contribution in [2.45, 2.75) is 13.8 Å². The van der Waals surface area contributed by atoms with Crippen molar-refractivity contribution in [3.8, 4) is 11.3 Å². The van der Waals surface area contributed by atoms with E-state index in [0.29, 0.717) is 0 Å². The average Bonchev–Trinajstić information content (AvgIpc) is 2.95. The first kappa shape index (κ1) is 15.9. The van der Waals surface area contributed by atoms with Crippen molar-refractivity contribution >= 4 is 38.1 Å². The number of hydrazone groups is 1. The lowest BCUT2D eigenvalue weighted by atomic mass is 10.1. The number of benzene rings is 2. The molecule has 2 aromatic carbocycles. The third kappa shape index (κ3) is 3.86. The van der Waals surface area contributed by atoms with Crippen LogP contribution in [0.1, 0.15) is 17.4 Å². The van der Waals surface area contributed by atoms with Crippen LogP contribution in [0.4, 0.5) is 5.13 Å². The van der Waals surface area contributed by atoms with E-state index >= 15 is 0 Å². The van der Waals surface area contributed by atoms with E-state index in [1.807, 2.05) is 49.4 Å². The van der Waals surface area contributed by atoms with E-state index in [9.17, 15) is 0 Å². The Balaban J connectivity index is 1.79. The number of hydrogen-bond acceptors (Lipinski definition) is 4. The molecular weight excluding hydrogens is 370 g/mol. The molecule has 0 bridgehead atoms. The molecule has 0 unspecified atom stereocenters. The number of halogens is 1. The summed E-state index contributed by atoms with van der Waals surface area (Å²) in [5.74, 6) is 0. The SMILES string of the molecule is C/C(=N/Nc1nc(-c2ccccc2)c(C)s1)c1ccc(Br)cc1. The Kier molecular flexibility index (Phi) is 4.88. The molecule has 1 aromatic heterocycles. The number of aromatic nitrogens is 1. The Hall–Kier alpha value is -1.98. The van der Waals surface area contributed by atoms with Gasteiger partial charge < -0.3 is 0 Å². The third-order valence-electron chi connectivity index (χ3n) is 3.43. The zero-order chi connectivity index (χ0) is 16.2. The van der Waals surface area contributed by atoms with Crippen LogP contribution in [0.15, 0.2) is 64.2 Å². The molecule has 1 heterocycles. The van der Waals surface area contributed by atoms with Crippen LogP contribution in [0.25, 0.3) is 11.3 Å². The number of rotatable bonds is 4. The summed E-state index contributed by atoms with van der Waals surface area (Å²) in [6, 6.07) is 18.3. The van der Waals surface area contributed by atoms with Crippen LogP contribution in [-0.2, 0) is 0 Å². The van der Waals surface area contributed by atoms with Gasteiger partial charge in [0, 0.05) is 14.9 Å². The molecule has 116 valence electrons. The van der Waals surface area contributed by atoms with Gasteiger partial charge in [-0.3, -0.25) is 5.43 Å². The van der Waals surface area contributed by atoms with Gasteiger partial charge in [-0.25, -0.2) is 4.98 Å². The zero-order valence-corrected chi connectivity index (χ0v) is 15.3. The lowest BCUT2D eigenvalue weighted by Crippen LogP contribution is -1.99. The van der Waals surface area contributed by atoms with Crippen LogP contribution in [0.2, 0.25) is 0 Å². The molecule has 0 aliphatic carbocycles. The van der Waals surface area contributed by atoms with Crippen molar-refractivity contribution in [3.63, 3.8) is 0 Å². The Morgan fingerprint density at radius 3 is 2.48 bits per heavy atom. The van der Waals surface area contributed by atoms with Crippen molar-refractivity contribution in [1.82, 2.24) is 4.98 Å². The lowest BCUT2D eigenvalue weighted by Gasteiger charge is -2.01. The minimum Gasteiger partial charge on any atom is -0.252 e. The predicted molar refractivity (Wildman–Crippen MR) is 102 cm³/mol. The average molecular weight is 386 g/mol. The van der Waals surface area contributed by atoms with Crippen molar-refractivity contribution < 1.29 is 0 Å². The van der Waals surface area contributed by atoms with E-state index in [-0.39, 0.29) is 0 Å². The summed E-state index contributed by atoms with van der Waals surface area (Å²) < 4.78 is 1.06. The smallest absolute Gasteiger partial charge is 0.204 e. The maximum Gasteiger partial charge on any atom is 0.204 e. The maximum atomic E-state index is 4.65. The summed E-state index contributed by atoms with van der Waals surface area (Å²) in [5.41, 5.74) is 7.21. The van der Waals surface area contributed by atoms with Crippen molar-refractivity contribution in [1.29, 1.82) is 0 Å². The molecule has 0 spiro atoms. The largest absolute Gasteiger partial charge is 0.252 e. The molecule has 0 amide bonds. The van der Waals surface area contributed by atoms with Gasteiger partial charge in [0.2, 0.25) is 5.13 Å². The summed E-state index contributed by atoms with van der Waals surface area (Å²) in [6.45, 7) is 4.06. The van der Waals surface area contributed by atoms with Gasteiger partial charge in [0.1, 0.15) is 0 Å². The number of thiazole rings is 1. The van der Waals surface area contributed by atoms with Crippen LogP contribution in [0.5, 0.6) is 0 Å². The molecule has 0 aliphatic rings. The Labute approximate surface area is 148 Å². The van der Waals surface area contributed by atoms with Crippen LogP contribution in [0, 0.1) is 6.92 Å². The molecule has 3 nitrogen and oxygen atoms in total. The molecular formula is C18H16BrN3S. The molecule has 3 aromatic rings. The summed E-state index contributed by atoms with van der Waals surface area (Å²) in [6.07, 6.45) is 0. The van der Waals surface area contributed by atoms with Gasteiger partial charge in [0.15, 0.2) is 0 Å². The fourth-order valence-corrected chi connectivity index (χ4v) is 3.24. The monoisotopic (exact) mass is 385 g/mol. The van der Waals surface area contributed by atoms with Crippen molar-refractivity contribution in [2.75, 3.05) is 5.43 Å². The molecule has 1 N–H and O–H groups in total. The van der Waals surface area contributed by atoms with Crippen LogP contribution >= 0.6 is 27.3 Å². The molecule has 3 rings (SSSR count). The second-order valence-corrected chi connectivity index (χ2v) is 7.22. The third-order valence-corrected chi connectivity index (χ3v) is 4.83. The number of aryl methyl sites for hydroxylation is 1. The molecule has 0 fully saturated rings. The van der Waals surface area contributed by atoms with Gasteiger partial charge in [-0.15, -0.1) is 11.3 Å². The van der Waals surface area contributed by atoms with Crippen molar-refractivity contribution in [3.05, 3.63) is 69.5 Å². The Morgan fingerprint density at radius 1 is 1.09 bits per heavy atom. The van der Waals surface area contributed by atoms with Gasteiger partial charge in [-0.1, -0.05) is 58.4 Å². The van der Waals surface area contributed by atoms with E-state index in [1.54, 1.807) is 11.3 Å². The normalized spacial score (nSPS) is 11.5. The number of anilines is 1. The fourth-order valence-electron chi connectivity index (χ4n) is 2.20. The molecule has 0 atom stereocenters. The van der Waals surface area contributed by atoms with Gasteiger partial charge in [-0.2, -0.15) is 5.10 Å². The zero-order valence-electron chi connectivity index (χ0n) is 12.9. The van der Waals surface area contributed by atoms with Crippen LogP contribution < -0.4 is 5.43 Å². The maximum absolute atomic E-state index is 4.65. The van der Waals surface area contributed by atoms with Gasteiger partial charge in [0.05, 0.1) is 11.4 Å². The minimum absolute atomic E-state index is 0.804. The quantitative estimate of drug-likeness (QED) is 0.460. The summed E-state index contributed by atoms with van der Waals surface area (Å²) in [4.78, 5) is 5.83. The van der Waals surface area contributed by atoms with E-state index in [1.165, 1.54) is 4.88 Å². The Bertz CT molecular complexity index is 823. The first-order valence-electron chi connectivity index (χ1n) is 7.22. The van der Waals surface area contributed by atoms with Gasteiger partial charge >= 0.3 is 0 Å². The van der Waals surface area contributed by atoms with Gasteiger partial charge in [-0.05, 0) is 31.5 Å². The van der Waals surface area contributed by atoms with Crippen LogP contribution in [0.3, 0.4) is 0 Å². The summed E-state index contributed by atoms with van der Waals surface area (Å²) in [7, 11) is 0. The van der Waals surface area contributed by atoms with Crippen LogP contribution in [-0.4, -0.2) is 10.7 Å². The molecule has 0 saturated carbocycles. The highest BCUT2D eigenvalue weighted by molar-refractivity contribution is 9.10. The lowest BCUT2D eigenvalue weighted by molar-refractivity contribution is 1.27. The molecule has 0 saturated heterocycles. The molecule has 23 heavy (non-hydrogen) atoms. The van der Waals surface area contributed by atoms with Gasteiger partial charge in [0.25, 0.3) is 0 Å². The van der Waals surface area contributed by atoms with E-state index in [0.717, 1.165) is 32.1 Å². The summed E-state index contributed by atoms with van der Waals surface area (Å²) in [5, 5.41) is 5.25. The van der Waals surface area contributed by atoms with E-state index in [2.05, 4.69) is 50.5 Å². The first-order chi connectivity index (χ1) is 11.1. The standard InChI is InChI=1S/C18H16BrN3S/c1-12(14-8-10-16(19)11-9-14)21-22-18-20-17(13(2)23-18)15-6-4-3-5-7-15/h3-11H,1-2H3,(H,20,22)/b21-12-. The number of hydrogen-bond donors (Lipinski definition) is 1. The molecule has 0 radical (unpaired) electrons. The highest BCUT2D eigenvalue weighted by Crippen LogP contribution is 2.30. The number of nitrogens with zero attached hydrogens (tertiary/aromatic N) is 2. The fraction of sp³-hybridized carbons (Fsp3) is 0.111. The molecule has 0 aliphatic heterocycles. The highest BCUT2D eigenvalue weighted by atomic mass is 79.9.